The molecule has 2 rings (SSSR count). The summed E-state index contributed by atoms with van der Waals surface area (Å²) in [5.74, 6) is -1.67. The highest BCUT2D eigenvalue weighted by Crippen LogP contribution is 2.19. The molecule has 1 N–H and O–H groups in total. The van der Waals surface area contributed by atoms with Crippen molar-refractivity contribution >= 4 is 27.5 Å². The Morgan fingerprint density at radius 3 is 3.00 bits per heavy atom. The van der Waals surface area contributed by atoms with Crippen LogP contribution in [0.5, 0.6) is 0 Å². The molecule has 6 heteroatoms. The number of imidazole rings is 1. The number of fused-ring (bicyclic) bond motifs is 1. The summed E-state index contributed by atoms with van der Waals surface area (Å²) < 4.78 is 14.6. The molecule has 0 radical (unpaired) electrons. The number of aromatic nitrogens is 2. The van der Waals surface area contributed by atoms with Crippen LogP contribution in [-0.2, 0) is 0 Å². The number of pyridine rings is 1. The van der Waals surface area contributed by atoms with Crippen LogP contribution in [0.25, 0.3) is 5.65 Å². The van der Waals surface area contributed by atoms with Gasteiger partial charge >= 0.3 is 5.97 Å². The molecular formula is C8H4BrFN2O2. The lowest BCUT2D eigenvalue weighted by molar-refractivity contribution is 0.0689. The fourth-order valence-corrected chi connectivity index (χ4v) is 1.68. The number of aromatic carboxylic acids is 1. The highest BCUT2D eigenvalue weighted by Gasteiger charge is 2.12. The smallest absolute Gasteiger partial charge is 0.354 e. The number of hydrogen-bond acceptors (Lipinski definition) is 2. The summed E-state index contributed by atoms with van der Waals surface area (Å²) in [4.78, 5) is 14.5. The highest BCUT2D eigenvalue weighted by atomic mass is 79.9. The largest absolute Gasteiger partial charge is 0.477 e. The molecule has 0 spiro atoms. The fraction of sp³-hybridized carbons (Fsp3) is 0. The zero-order valence-corrected chi connectivity index (χ0v) is 8.32. The van der Waals surface area contributed by atoms with Gasteiger partial charge in [0.2, 0.25) is 0 Å². The lowest BCUT2D eigenvalue weighted by Crippen LogP contribution is -2.01. The first-order valence-corrected chi connectivity index (χ1v) is 4.44. The Labute approximate surface area is 86.1 Å². The summed E-state index contributed by atoms with van der Waals surface area (Å²) in [7, 11) is 0. The van der Waals surface area contributed by atoms with Gasteiger partial charge in [0.1, 0.15) is 5.82 Å². The predicted octanol–water partition coefficient (Wildman–Crippen LogP) is 1.93. The van der Waals surface area contributed by atoms with Crippen LogP contribution >= 0.6 is 15.9 Å². The van der Waals surface area contributed by atoms with E-state index in [1.807, 2.05) is 0 Å². The van der Waals surface area contributed by atoms with Crippen molar-refractivity contribution in [2.75, 3.05) is 0 Å². The van der Waals surface area contributed by atoms with Crippen molar-refractivity contribution in [2.45, 2.75) is 0 Å². The van der Waals surface area contributed by atoms with Crippen LogP contribution in [0.1, 0.15) is 10.5 Å². The van der Waals surface area contributed by atoms with Gasteiger partial charge in [-0.1, -0.05) is 0 Å². The lowest BCUT2D eigenvalue weighted by Gasteiger charge is -1.98. The first kappa shape index (κ1) is 9.14. The van der Waals surface area contributed by atoms with Crippen LogP contribution in [0, 0.1) is 5.82 Å². The van der Waals surface area contributed by atoms with E-state index in [-0.39, 0.29) is 5.69 Å². The molecule has 0 saturated carbocycles. The minimum Gasteiger partial charge on any atom is -0.477 e. The Morgan fingerprint density at radius 1 is 1.64 bits per heavy atom. The van der Waals surface area contributed by atoms with Gasteiger partial charge in [-0.15, -0.1) is 0 Å². The van der Waals surface area contributed by atoms with Gasteiger partial charge in [0.15, 0.2) is 11.3 Å². The van der Waals surface area contributed by atoms with E-state index >= 15 is 0 Å². The van der Waals surface area contributed by atoms with E-state index in [4.69, 9.17) is 5.11 Å². The van der Waals surface area contributed by atoms with Gasteiger partial charge in [-0.05, 0) is 22.0 Å². The van der Waals surface area contributed by atoms with Crippen molar-refractivity contribution in [1.29, 1.82) is 0 Å². The van der Waals surface area contributed by atoms with E-state index in [1.165, 1.54) is 16.7 Å². The molecule has 0 aromatic carbocycles. The number of carbonyl (C=O) groups is 1. The molecule has 2 aromatic rings. The third kappa shape index (κ3) is 1.27. The van der Waals surface area contributed by atoms with Crippen LogP contribution in [0.2, 0.25) is 0 Å². The first-order valence-electron chi connectivity index (χ1n) is 3.65. The monoisotopic (exact) mass is 258 g/mol. The molecule has 0 atom stereocenters. The Hall–Kier alpha value is -1.43. The molecule has 0 aliphatic rings. The van der Waals surface area contributed by atoms with Gasteiger partial charge in [0, 0.05) is 6.20 Å². The summed E-state index contributed by atoms with van der Waals surface area (Å²) in [5, 5.41) is 8.75. The van der Waals surface area contributed by atoms with Crippen molar-refractivity contribution in [3.05, 3.63) is 34.4 Å². The molecule has 14 heavy (non-hydrogen) atoms. The van der Waals surface area contributed by atoms with E-state index in [2.05, 4.69) is 20.9 Å². The maximum absolute atomic E-state index is 12.9. The van der Waals surface area contributed by atoms with Crippen LogP contribution in [0.15, 0.2) is 22.9 Å². The molecule has 0 bridgehead atoms. The minimum atomic E-state index is -1.14. The summed E-state index contributed by atoms with van der Waals surface area (Å²) in [5.41, 5.74) is 0.309. The molecule has 0 aliphatic heterocycles. The van der Waals surface area contributed by atoms with Gasteiger partial charge in [-0.2, -0.15) is 0 Å². The molecule has 0 fully saturated rings. The Morgan fingerprint density at radius 2 is 2.36 bits per heavy atom. The summed E-state index contributed by atoms with van der Waals surface area (Å²) in [6, 6.07) is 1.23. The van der Waals surface area contributed by atoms with Crippen LogP contribution in [0.3, 0.4) is 0 Å². The average molecular weight is 259 g/mol. The van der Waals surface area contributed by atoms with Gasteiger partial charge in [0.25, 0.3) is 0 Å². The Bertz CT molecular complexity index is 523. The first-order chi connectivity index (χ1) is 6.59. The zero-order valence-electron chi connectivity index (χ0n) is 6.74. The molecule has 72 valence electrons. The zero-order chi connectivity index (χ0) is 10.3. The molecule has 0 unspecified atom stereocenters. The van der Waals surface area contributed by atoms with E-state index in [0.717, 1.165) is 6.20 Å². The van der Waals surface area contributed by atoms with Crippen LogP contribution < -0.4 is 0 Å². The van der Waals surface area contributed by atoms with Crippen molar-refractivity contribution in [3.8, 4) is 0 Å². The second-order valence-corrected chi connectivity index (χ2v) is 3.50. The Kier molecular flexibility index (Phi) is 1.99. The lowest BCUT2D eigenvalue weighted by atomic mass is 10.4. The maximum Gasteiger partial charge on any atom is 0.354 e. The van der Waals surface area contributed by atoms with E-state index in [1.54, 1.807) is 0 Å². The second kappa shape index (κ2) is 3.06. The van der Waals surface area contributed by atoms with Crippen molar-refractivity contribution in [1.82, 2.24) is 9.38 Å². The third-order valence-corrected chi connectivity index (χ3v) is 2.33. The van der Waals surface area contributed by atoms with E-state index in [9.17, 15) is 9.18 Å². The van der Waals surface area contributed by atoms with Crippen LogP contribution in [-0.4, -0.2) is 20.5 Å². The molecule has 2 aromatic heterocycles. The average Bonchev–Trinajstić information content (AvgIpc) is 2.47. The number of hydrogen-bond donors (Lipinski definition) is 1. The maximum atomic E-state index is 12.9. The second-order valence-electron chi connectivity index (χ2n) is 2.65. The highest BCUT2D eigenvalue weighted by molar-refractivity contribution is 9.10. The molecular weight excluding hydrogens is 255 g/mol. The number of carboxylic acid groups (broad SMARTS) is 1. The van der Waals surface area contributed by atoms with Crippen molar-refractivity contribution in [2.24, 2.45) is 0 Å². The van der Waals surface area contributed by atoms with Crippen molar-refractivity contribution in [3.63, 3.8) is 0 Å². The Balaban J connectivity index is 2.85. The summed E-state index contributed by atoms with van der Waals surface area (Å²) in [6.07, 6.45) is 2.26. The van der Waals surface area contributed by atoms with Crippen LogP contribution in [0.4, 0.5) is 4.39 Å². The standard InChI is InChI=1S/C8H4BrFN2O2/c9-5-1-4(10)3-12-6(8(13)14)2-11-7(5)12/h1-3H,(H,13,14). The fourth-order valence-electron chi connectivity index (χ4n) is 1.17. The van der Waals surface area contributed by atoms with Gasteiger partial charge in [-0.25, -0.2) is 14.2 Å². The van der Waals surface area contributed by atoms with Crippen molar-refractivity contribution < 1.29 is 14.3 Å². The van der Waals surface area contributed by atoms with Gasteiger partial charge in [-0.3, -0.25) is 4.40 Å². The summed E-state index contributed by atoms with van der Waals surface area (Å²) in [6.45, 7) is 0. The molecule has 0 aliphatic carbocycles. The number of carboxylic acids is 1. The SMILES string of the molecule is O=C(O)c1cnc2c(Br)cc(F)cn12. The van der Waals surface area contributed by atoms with Gasteiger partial charge in [0.05, 0.1) is 10.7 Å². The van der Waals surface area contributed by atoms with Gasteiger partial charge < -0.3 is 5.11 Å². The quantitative estimate of drug-likeness (QED) is 0.851. The predicted molar refractivity (Wildman–Crippen MR) is 49.8 cm³/mol. The number of nitrogens with zero attached hydrogens (tertiary/aromatic N) is 2. The van der Waals surface area contributed by atoms with E-state index < -0.39 is 11.8 Å². The molecule has 0 amide bonds. The minimum absolute atomic E-state index is 0.0693. The normalized spacial score (nSPS) is 10.7. The topological polar surface area (TPSA) is 54.6 Å². The molecule has 0 saturated heterocycles. The van der Waals surface area contributed by atoms with E-state index in [0.29, 0.717) is 10.1 Å². The number of rotatable bonds is 1. The number of halogens is 2. The molecule has 2 heterocycles. The molecule has 4 nitrogen and oxygen atoms in total. The summed E-state index contributed by atoms with van der Waals surface area (Å²) >= 11 is 3.09. The third-order valence-electron chi connectivity index (χ3n) is 1.75.